The SMILES string of the molecule is N#CC=CO. The van der Waals surface area contributed by atoms with Crippen LogP contribution in [0.1, 0.15) is 0 Å². The number of allylic oxidation sites excluding steroid dienone is 1. The van der Waals surface area contributed by atoms with Gasteiger partial charge in [-0.1, -0.05) is 0 Å². The quantitative estimate of drug-likeness (QED) is 0.334. The minimum Gasteiger partial charge on any atom is -0.515 e. The fourth-order valence-electron chi connectivity index (χ4n) is 0.0333. The van der Waals surface area contributed by atoms with Crippen LogP contribution >= 0.6 is 0 Å². The lowest BCUT2D eigenvalue weighted by molar-refractivity contribution is 0.474. The summed E-state index contributed by atoms with van der Waals surface area (Å²) < 4.78 is 0. The smallest absolute Gasteiger partial charge is 0.0944 e. The molecule has 0 aliphatic rings. The zero-order valence-electron chi connectivity index (χ0n) is 2.55. The van der Waals surface area contributed by atoms with E-state index in [-0.39, 0.29) is 0 Å². The van der Waals surface area contributed by atoms with Gasteiger partial charge in [-0.2, -0.15) is 5.26 Å². The highest BCUT2D eigenvalue weighted by molar-refractivity contribution is 4.96. The topological polar surface area (TPSA) is 44.0 Å². The Bertz CT molecular complexity index is 69.5. The van der Waals surface area contributed by atoms with Gasteiger partial charge in [-0.15, -0.1) is 0 Å². The summed E-state index contributed by atoms with van der Waals surface area (Å²) in [7, 11) is 0. The molecular weight excluding hydrogens is 66.0 g/mol. The van der Waals surface area contributed by atoms with E-state index < -0.39 is 0 Å². The van der Waals surface area contributed by atoms with Crippen molar-refractivity contribution in [3.63, 3.8) is 0 Å². The zero-order chi connectivity index (χ0) is 4.12. The maximum atomic E-state index is 7.66. The van der Waals surface area contributed by atoms with Gasteiger partial charge >= 0.3 is 0 Å². The van der Waals surface area contributed by atoms with Crippen molar-refractivity contribution in [1.82, 2.24) is 0 Å². The first kappa shape index (κ1) is 4.03. The molecule has 0 radical (unpaired) electrons. The summed E-state index contributed by atoms with van der Waals surface area (Å²) in [5.41, 5.74) is 0. The fraction of sp³-hybridized carbons (Fsp3) is 0. The Hall–Kier alpha value is -0.970. The molecule has 0 aromatic carbocycles. The third kappa shape index (κ3) is 3.03. The molecule has 5 heavy (non-hydrogen) atoms. The normalized spacial score (nSPS) is 7.80. The lowest BCUT2D eigenvalue weighted by atomic mass is 10.7. The number of aliphatic hydroxyl groups is 1. The van der Waals surface area contributed by atoms with Crippen LogP contribution in [0, 0.1) is 11.3 Å². The molecule has 0 aliphatic carbocycles. The van der Waals surface area contributed by atoms with E-state index in [1.807, 2.05) is 0 Å². The average Bonchev–Trinajstić information content (AvgIpc) is 1.41. The molecule has 0 unspecified atom stereocenters. The van der Waals surface area contributed by atoms with E-state index in [9.17, 15) is 0 Å². The van der Waals surface area contributed by atoms with Crippen molar-refractivity contribution in [3.05, 3.63) is 12.3 Å². The molecule has 2 heteroatoms. The van der Waals surface area contributed by atoms with Gasteiger partial charge < -0.3 is 5.11 Å². The van der Waals surface area contributed by atoms with E-state index in [4.69, 9.17) is 10.4 Å². The van der Waals surface area contributed by atoms with Gasteiger partial charge in [0.05, 0.1) is 18.4 Å². The first-order chi connectivity index (χ1) is 2.41. The highest BCUT2D eigenvalue weighted by Crippen LogP contribution is 1.53. The predicted molar refractivity (Wildman–Crippen MR) is 17.4 cm³/mol. The molecule has 0 amide bonds. The number of rotatable bonds is 0. The molecule has 0 heterocycles. The Morgan fingerprint density at radius 1 is 1.80 bits per heavy atom. The van der Waals surface area contributed by atoms with E-state index in [1.54, 1.807) is 6.07 Å². The highest BCUT2D eigenvalue weighted by Gasteiger charge is 1.47. The lowest BCUT2D eigenvalue weighted by Crippen LogP contribution is -1.42. The first-order valence-electron chi connectivity index (χ1n) is 1.10. The largest absolute Gasteiger partial charge is 0.515 e. The highest BCUT2D eigenvalue weighted by atomic mass is 16.2. The predicted octanol–water partition coefficient (Wildman–Crippen LogP) is 0.582. The minimum atomic E-state index is 0.694. The lowest BCUT2D eigenvalue weighted by Gasteiger charge is -1.51. The number of hydrogen-bond donors (Lipinski definition) is 1. The van der Waals surface area contributed by atoms with E-state index in [0.717, 1.165) is 6.08 Å². The van der Waals surface area contributed by atoms with Crippen LogP contribution in [0.15, 0.2) is 12.3 Å². The zero-order valence-corrected chi connectivity index (χ0v) is 2.55. The Morgan fingerprint density at radius 3 is 2.40 bits per heavy atom. The van der Waals surface area contributed by atoms with Gasteiger partial charge in [-0.05, 0) is 0 Å². The summed E-state index contributed by atoms with van der Waals surface area (Å²) in [4.78, 5) is 0. The maximum Gasteiger partial charge on any atom is 0.0944 e. The van der Waals surface area contributed by atoms with Crippen molar-refractivity contribution in [2.45, 2.75) is 0 Å². The Labute approximate surface area is 30.0 Å². The molecule has 0 fully saturated rings. The maximum absolute atomic E-state index is 7.66. The summed E-state index contributed by atoms with van der Waals surface area (Å²) in [6.07, 6.45) is 1.68. The van der Waals surface area contributed by atoms with Gasteiger partial charge in [0.25, 0.3) is 0 Å². The molecule has 2 nitrogen and oxygen atoms in total. The Balaban J connectivity index is 3.04. The van der Waals surface area contributed by atoms with Crippen LogP contribution in [-0.2, 0) is 0 Å². The molecular formula is C3H3NO. The summed E-state index contributed by atoms with van der Waals surface area (Å²) in [6.45, 7) is 0. The molecule has 0 saturated heterocycles. The summed E-state index contributed by atoms with van der Waals surface area (Å²) in [5.74, 6) is 0. The van der Waals surface area contributed by atoms with Crippen LogP contribution in [0.25, 0.3) is 0 Å². The molecule has 26 valence electrons. The summed E-state index contributed by atoms with van der Waals surface area (Å²) in [5, 5.41) is 15.2. The molecule has 0 aliphatic heterocycles. The van der Waals surface area contributed by atoms with Crippen molar-refractivity contribution in [2.24, 2.45) is 0 Å². The average molecular weight is 69.1 g/mol. The van der Waals surface area contributed by atoms with Gasteiger partial charge in [0.1, 0.15) is 0 Å². The summed E-state index contributed by atoms with van der Waals surface area (Å²) >= 11 is 0. The summed E-state index contributed by atoms with van der Waals surface area (Å²) in [6, 6.07) is 1.59. The molecule has 0 aromatic heterocycles. The number of hydrogen-bond acceptors (Lipinski definition) is 2. The molecule has 0 saturated carbocycles. The molecule has 0 aromatic rings. The van der Waals surface area contributed by atoms with Crippen molar-refractivity contribution in [1.29, 1.82) is 5.26 Å². The van der Waals surface area contributed by atoms with E-state index in [2.05, 4.69) is 0 Å². The van der Waals surface area contributed by atoms with Crippen LogP contribution in [0.4, 0.5) is 0 Å². The van der Waals surface area contributed by atoms with Gasteiger partial charge in [-0.3, -0.25) is 0 Å². The Morgan fingerprint density at radius 2 is 2.40 bits per heavy atom. The van der Waals surface area contributed by atoms with Gasteiger partial charge in [0, 0.05) is 0 Å². The third-order valence-electron chi connectivity index (χ3n) is 0.149. The third-order valence-corrected chi connectivity index (χ3v) is 0.149. The van der Waals surface area contributed by atoms with Crippen molar-refractivity contribution >= 4 is 0 Å². The van der Waals surface area contributed by atoms with E-state index in [1.165, 1.54) is 0 Å². The van der Waals surface area contributed by atoms with Crippen LogP contribution in [0.2, 0.25) is 0 Å². The standard InChI is InChI=1S/C3H3NO/c4-2-1-3-5/h1,3,5H. The minimum absolute atomic E-state index is 0.694. The molecule has 1 N–H and O–H groups in total. The van der Waals surface area contributed by atoms with Crippen LogP contribution in [0.5, 0.6) is 0 Å². The molecule has 0 rings (SSSR count). The van der Waals surface area contributed by atoms with Crippen molar-refractivity contribution in [3.8, 4) is 6.07 Å². The monoisotopic (exact) mass is 69.0 g/mol. The van der Waals surface area contributed by atoms with E-state index >= 15 is 0 Å². The van der Waals surface area contributed by atoms with Crippen LogP contribution in [-0.4, -0.2) is 5.11 Å². The van der Waals surface area contributed by atoms with Crippen molar-refractivity contribution in [2.75, 3.05) is 0 Å². The number of nitriles is 1. The number of nitrogens with zero attached hydrogens (tertiary/aromatic N) is 1. The second-order valence-corrected chi connectivity index (χ2v) is 0.445. The van der Waals surface area contributed by atoms with Crippen LogP contribution < -0.4 is 0 Å². The van der Waals surface area contributed by atoms with Crippen molar-refractivity contribution < 1.29 is 5.11 Å². The first-order valence-corrected chi connectivity index (χ1v) is 1.10. The van der Waals surface area contributed by atoms with Crippen LogP contribution in [0.3, 0.4) is 0 Å². The second-order valence-electron chi connectivity index (χ2n) is 0.445. The second kappa shape index (κ2) is 3.03. The van der Waals surface area contributed by atoms with Gasteiger partial charge in [0.15, 0.2) is 0 Å². The molecule has 0 spiro atoms. The molecule has 0 bridgehead atoms. The van der Waals surface area contributed by atoms with Gasteiger partial charge in [-0.25, -0.2) is 0 Å². The number of aliphatic hydroxyl groups excluding tert-OH is 1. The van der Waals surface area contributed by atoms with E-state index in [0.29, 0.717) is 6.26 Å². The Kier molecular flexibility index (Phi) is 2.44. The fourth-order valence-corrected chi connectivity index (χ4v) is 0.0333. The molecule has 0 atom stereocenters. The van der Waals surface area contributed by atoms with Gasteiger partial charge in [0.2, 0.25) is 0 Å².